The van der Waals surface area contributed by atoms with Crippen LogP contribution in [0.2, 0.25) is 0 Å². The van der Waals surface area contributed by atoms with Crippen LogP contribution in [0.5, 0.6) is 5.75 Å². The number of nitrogens with one attached hydrogen (secondary N) is 1. The second-order valence-corrected chi connectivity index (χ2v) is 10.9. The number of nitrogens with zero attached hydrogens (tertiary/aromatic N) is 5. The first-order valence-corrected chi connectivity index (χ1v) is 14.2. The molecule has 1 aliphatic heterocycles. The number of carbonyl (C=O) groups excluding carboxylic acids is 2. The lowest BCUT2D eigenvalue weighted by Gasteiger charge is -2.21. The minimum absolute atomic E-state index is 0.0836. The van der Waals surface area contributed by atoms with Crippen LogP contribution in [0.15, 0.2) is 77.8 Å². The molecular weight excluding hydrogens is 621 g/mol. The van der Waals surface area contributed by atoms with Crippen LogP contribution >= 0.6 is 11.8 Å². The number of nitrogen functional groups attached to an aromatic ring is 1. The van der Waals surface area contributed by atoms with Crippen LogP contribution in [0.25, 0.3) is 17.1 Å². The number of nitrogens with two attached hydrogens (primary N) is 1. The summed E-state index contributed by atoms with van der Waals surface area (Å²) in [6.07, 6.45) is -11.2. The topological polar surface area (TPSA) is 128 Å². The summed E-state index contributed by atoms with van der Waals surface area (Å²) in [5.41, 5.74) is 8.71. The van der Waals surface area contributed by atoms with Crippen molar-refractivity contribution in [2.24, 2.45) is 4.99 Å². The smallest absolute Gasteiger partial charge is 0.426 e. The number of aliphatic imine (C=N–C) groups is 1. The Kier molecular flexibility index (Phi) is 8.51. The maximum Gasteiger partial charge on any atom is 0.499 e. The van der Waals surface area contributed by atoms with Gasteiger partial charge in [0.1, 0.15) is 5.75 Å². The van der Waals surface area contributed by atoms with Crippen molar-refractivity contribution in [3.63, 3.8) is 0 Å². The molecule has 1 saturated heterocycles. The van der Waals surface area contributed by atoms with Gasteiger partial charge in [0, 0.05) is 11.3 Å². The van der Waals surface area contributed by atoms with Gasteiger partial charge in [0.15, 0.2) is 11.0 Å². The maximum absolute atomic E-state index is 13.2. The zero-order valence-electron chi connectivity index (χ0n) is 23.5. The molecule has 5 rings (SSSR count). The van der Waals surface area contributed by atoms with E-state index in [2.05, 4.69) is 25.1 Å². The second-order valence-electron chi connectivity index (χ2n) is 9.95. The number of thioether (sulfide) groups is 1. The van der Waals surface area contributed by atoms with Gasteiger partial charge >= 0.3 is 18.3 Å². The predicted octanol–water partition coefficient (Wildman–Crippen LogP) is 6.84. The molecule has 16 heteroatoms. The Labute approximate surface area is 257 Å². The summed E-state index contributed by atoms with van der Waals surface area (Å²) >= 11 is 1.17. The summed E-state index contributed by atoms with van der Waals surface area (Å²) in [4.78, 5) is 35.2. The zero-order chi connectivity index (χ0) is 32.5. The number of para-hydroxylation sites is 1. The summed E-state index contributed by atoms with van der Waals surface area (Å²) < 4.78 is 68.6. The number of anilines is 3. The van der Waals surface area contributed by atoms with Crippen molar-refractivity contribution in [1.82, 2.24) is 14.8 Å². The molecule has 1 aromatic heterocycles. The van der Waals surface area contributed by atoms with Crippen LogP contribution in [0.4, 0.5) is 44.1 Å². The Bertz CT molecular complexity index is 1760. The van der Waals surface area contributed by atoms with Gasteiger partial charge in [-0.05, 0) is 66.1 Å². The lowest BCUT2D eigenvalue weighted by molar-refractivity contribution is -0.360. The Hall–Kier alpha value is -4.99. The first kappa shape index (κ1) is 31.4. The average molecular weight is 646 g/mol. The van der Waals surface area contributed by atoms with E-state index in [1.54, 1.807) is 24.3 Å². The van der Waals surface area contributed by atoms with Gasteiger partial charge in [-0.1, -0.05) is 43.8 Å². The molecule has 234 valence electrons. The van der Waals surface area contributed by atoms with Crippen molar-refractivity contribution in [2.75, 3.05) is 21.7 Å². The number of benzene rings is 3. The van der Waals surface area contributed by atoms with E-state index in [9.17, 15) is 31.5 Å². The van der Waals surface area contributed by atoms with Crippen LogP contribution in [-0.4, -0.2) is 49.9 Å². The molecule has 0 aliphatic carbocycles. The standard InChI is InChI=1S/C29H24F5N7O3S/c1-16(2)21-5-3-4-6-22(21)40-23(42)15-45-27(40)38-26(43)36-18-9-7-17(8-10-18)24-37-25(35)41(39-24)19-11-13-20(14-12-19)44-29(33,34)28(30,31)32/h3-14,16H,15H2,1-2H3,(H,36,43)(H2,35,37,39). The fourth-order valence-electron chi connectivity index (χ4n) is 4.30. The molecular formula is C29H24F5N7O3S. The summed E-state index contributed by atoms with van der Waals surface area (Å²) in [6, 6.07) is 17.4. The molecule has 0 unspecified atom stereocenters. The number of rotatable bonds is 7. The lowest BCUT2D eigenvalue weighted by Crippen LogP contribution is -2.41. The van der Waals surface area contributed by atoms with Crippen molar-refractivity contribution >= 4 is 46.2 Å². The van der Waals surface area contributed by atoms with E-state index in [0.29, 0.717) is 16.9 Å². The van der Waals surface area contributed by atoms with Crippen molar-refractivity contribution in [3.8, 4) is 22.8 Å². The first-order valence-electron chi connectivity index (χ1n) is 13.2. The monoisotopic (exact) mass is 645 g/mol. The van der Waals surface area contributed by atoms with E-state index in [0.717, 1.165) is 22.4 Å². The van der Waals surface area contributed by atoms with Crippen molar-refractivity contribution in [2.45, 2.75) is 32.1 Å². The van der Waals surface area contributed by atoms with Crippen LogP contribution in [0.3, 0.4) is 0 Å². The average Bonchev–Trinajstić information content (AvgIpc) is 3.54. The number of urea groups is 1. The molecule has 2 heterocycles. The lowest BCUT2D eigenvalue weighted by atomic mass is 10.0. The summed E-state index contributed by atoms with van der Waals surface area (Å²) in [5, 5.41) is 7.20. The maximum atomic E-state index is 13.2. The van der Waals surface area contributed by atoms with Crippen molar-refractivity contribution in [1.29, 1.82) is 0 Å². The van der Waals surface area contributed by atoms with Gasteiger partial charge in [-0.2, -0.15) is 36.6 Å². The summed E-state index contributed by atoms with van der Waals surface area (Å²) in [6.45, 7) is 4.02. The number of amides is 3. The third-order valence-electron chi connectivity index (χ3n) is 6.45. The minimum Gasteiger partial charge on any atom is -0.426 e. The van der Waals surface area contributed by atoms with Crippen LogP contribution in [-0.2, 0) is 4.79 Å². The Morgan fingerprint density at radius 3 is 2.33 bits per heavy atom. The van der Waals surface area contributed by atoms with Gasteiger partial charge in [0.05, 0.1) is 17.1 Å². The van der Waals surface area contributed by atoms with Gasteiger partial charge in [0.2, 0.25) is 11.9 Å². The number of alkyl halides is 5. The number of carbonyl (C=O) groups is 2. The predicted molar refractivity (Wildman–Crippen MR) is 160 cm³/mol. The largest absolute Gasteiger partial charge is 0.499 e. The molecule has 3 N–H and O–H groups in total. The van der Waals surface area contributed by atoms with Gasteiger partial charge in [0.25, 0.3) is 0 Å². The molecule has 0 bridgehead atoms. The van der Waals surface area contributed by atoms with Crippen molar-refractivity contribution < 1.29 is 36.3 Å². The van der Waals surface area contributed by atoms with E-state index < -0.39 is 24.1 Å². The van der Waals surface area contributed by atoms with Gasteiger partial charge < -0.3 is 15.8 Å². The van der Waals surface area contributed by atoms with E-state index in [4.69, 9.17) is 5.73 Å². The number of ether oxygens (including phenoxy) is 1. The molecule has 3 aromatic carbocycles. The van der Waals surface area contributed by atoms with E-state index in [-0.39, 0.29) is 40.2 Å². The highest BCUT2D eigenvalue weighted by Crippen LogP contribution is 2.37. The molecule has 0 saturated carbocycles. The van der Waals surface area contributed by atoms with E-state index in [1.807, 2.05) is 38.1 Å². The fraction of sp³-hybridized carbons (Fsp3) is 0.207. The highest BCUT2D eigenvalue weighted by atomic mass is 32.2. The second kappa shape index (κ2) is 12.2. The Morgan fingerprint density at radius 1 is 1.02 bits per heavy atom. The highest BCUT2D eigenvalue weighted by Gasteiger charge is 2.61. The third kappa shape index (κ3) is 6.74. The first-order chi connectivity index (χ1) is 21.2. The number of hydrogen-bond donors (Lipinski definition) is 2. The van der Waals surface area contributed by atoms with Gasteiger partial charge in [-0.25, -0.2) is 4.79 Å². The number of halogens is 5. The van der Waals surface area contributed by atoms with E-state index >= 15 is 0 Å². The molecule has 4 aromatic rings. The molecule has 3 amide bonds. The number of hydrogen-bond acceptors (Lipinski definition) is 7. The van der Waals surface area contributed by atoms with Crippen LogP contribution < -0.4 is 20.7 Å². The Balaban J connectivity index is 1.28. The van der Waals surface area contributed by atoms with Crippen molar-refractivity contribution in [3.05, 3.63) is 78.4 Å². The molecule has 1 fully saturated rings. The normalized spacial score (nSPS) is 14.8. The van der Waals surface area contributed by atoms with Gasteiger partial charge in [-0.3, -0.25) is 9.69 Å². The molecule has 45 heavy (non-hydrogen) atoms. The number of amidine groups is 1. The number of aromatic nitrogens is 3. The Morgan fingerprint density at radius 2 is 1.69 bits per heavy atom. The molecule has 10 nitrogen and oxygen atoms in total. The molecule has 0 atom stereocenters. The molecule has 1 aliphatic rings. The van der Waals surface area contributed by atoms with E-state index in [1.165, 1.54) is 28.8 Å². The summed E-state index contributed by atoms with van der Waals surface area (Å²) in [7, 11) is 0. The quantitative estimate of drug-likeness (QED) is 0.211. The molecule has 0 spiro atoms. The SMILES string of the molecule is CC(C)c1ccccc1N1C(=O)CSC1=NC(=O)Nc1ccc(-c2nc(N)n(-c3ccc(OC(F)(F)C(F)(F)F)cc3)n2)cc1. The fourth-order valence-corrected chi connectivity index (χ4v) is 5.16. The zero-order valence-corrected chi connectivity index (χ0v) is 24.4. The molecule has 0 radical (unpaired) electrons. The summed E-state index contributed by atoms with van der Waals surface area (Å²) in [5.74, 6) is -0.500. The van der Waals surface area contributed by atoms with Crippen LogP contribution in [0, 0.1) is 0 Å². The van der Waals surface area contributed by atoms with Crippen LogP contribution in [0.1, 0.15) is 25.3 Å². The third-order valence-corrected chi connectivity index (χ3v) is 7.37. The highest BCUT2D eigenvalue weighted by molar-refractivity contribution is 8.15. The minimum atomic E-state index is -5.88. The van der Waals surface area contributed by atoms with Gasteiger partial charge in [-0.15, -0.1) is 5.10 Å².